The molecule has 2 amide bonds. The minimum atomic E-state index is -0.907. The molecule has 0 fully saturated rings. The van der Waals surface area contributed by atoms with Gasteiger partial charge in [0.1, 0.15) is 11.9 Å². The summed E-state index contributed by atoms with van der Waals surface area (Å²) in [5.74, 6) is 0.803. The van der Waals surface area contributed by atoms with Crippen LogP contribution in [0.3, 0.4) is 0 Å². The lowest BCUT2D eigenvalue weighted by Gasteiger charge is -2.24. The third-order valence-corrected chi connectivity index (χ3v) is 4.10. The van der Waals surface area contributed by atoms with Crippen molar-refractivity contribution in [2.45, 2.75) is 19.1 Å². The zero-order valence-corrected chi connectivity index (χ0v) is 15.7. The van der Waals surface area contributed by atoms with Gasteiger partial charge in [-0.15, -0.1) is 5.10 Å². The summed E-state index contributed by atoms with van der Waals surface area (Å²) in [7, 11) is 1.49. The van der Waals surface area contributed by atoms with Crippen molar-refractivity contribution >= 4 is 22.8 Å². The molecule has 2 atom stereocenters. The number of amides is 2. The number of aliphatic hydroxyl groups excluding tert-OH is 1. The largest absolute Gasteiger partial charge is 0.476 e. The summed E-state index contributed by atoms with van der Waals surface area (Å²) in [4.78, 5) is 16.7. The van der Waals surface area contributed by atoms with Crippen LogP contribution in [0.5, 0.6) is 5.88 Å². The highest BCUT2D eigenvalue weighted by Crippen LogP contribution is 2.23. The van der Waals surface area contributed by atoms with Crippen molar-refractivity contribution in [1.82, 2.24) is 20.5 Å². The normalized spacial score (nSPS) is 13.1. The van der Waals surface area contributed by atoms with E-state index in [4.69, 9.17) is 9.47 Å². The average Bonchev–Trinajstić information content (AvgIpc) is 3.09. The van der Waals surface area contributed by atoms with Gasteiger partial charge in [-0.2, -0.15) is 0 Å². The summed E-state index contributed by atoms with van der Waals surface area (Å²) in [6.45, 7) is 2.45. The Morgan fingerprint density at radius 1 is 1.32 bits per heavy atom. The van der Waals surface area contributed by atoms with Crippen LogP contribution in [0.4, 0.5) is 10.6 Å². The molecule has 3 aromatic rings. The fraction of sp³-hybridized carbons (Fsp3) is 0.316. The molecule has 0 aliphatic rings. The third-order valence-electron chi connectivity index (χ3n) is 4.10. The molecule has 0 bridgehead atoms. The number of urea groups is 1. The highest BCUT2D eigenvalue weighted by Gasteiger charge is 2.23. The lowest BCUT2D eigenvalue weighted by molar-refractivity contribution is 0.0413. The minimum Gasteiger partial charge on any atom is -0.476 e. The van der Waals surface area contributed by atoms with Crippen molar-refractivity contribution in [3.05, 3.63) is 48.2 Å². The molecule has 9 nitrogen and oxygen atoms in total. The minimum absolute atomic E-state index is 0.0817. The first-order valence-electron chi connectivity index (χ1n) is 8.88. The van der Waals surface area contributed by atoms with Crippen LogP contribution in [-0.4, -0.2) is 52.7 Å². The number of aromatic nitrogens is 3. The number of carbonyl (C=O) groups is 1. The number of rotatable bonds is 8. The zero-order chi connectivity index (χ0) is 19.9. The first-order valence-corrected chi connectivity index (χ1v) is 8.88. The van der Waals surface area contributed by atoms with Crippen molar-refractivity contribution in [3.8, 4) is 5.88 Å². The van der Waals surface area contributed by atoms with Crippen molar-refractivity contribution in [3.63, 3.8) is 0 Å². The van der Waals surface area contributed by atoms with Crippen LogP contribution < -0.4 is 15.4 Å². The first kappa shape index (κ1) is 19.6. The van der Waals surface area contributed by atoms with Crippen LogP contribution in [0.15, 0.2) is 42.6 Å². The quantitative estimate of drug-likeness (QED) is 0.472. The second-order valence-corrected chi connectivity index (χ2v) is 6.09. The van der Waals surface area contributed by atoms with Gasteiger partial charge >= 0.3 is 6.03 Å². The van der Waals surface area contributed by atoms with Gasteiger partial charge in [0, 0.05) is 19.4 Å². The molecule has 2 heterocycles. The molecular weight excluding hydrogens is 362 g/mol. The van der Waals surface area contributed by atoms with E-state index >= 15 is 0 Å². The van der Waals surface area contributed by atoms with E-state index in [0.29, 0.717) is 23.8 Å². The molecule has 0 aliphatic carbocycles. The molecule has 0 saturated carbocycles. The van der Waals surface area contributed by atoms with Crippen LogP contribution in [0.25, 0.3) is 10.9 Å². The Balaban J connectivity index is 1.72. The molecule has 148 valence electrons. The second kappa shape index (κ2) is 9.16. The topological polar surface area (TPSA) is 121 Å². The Morgan fingerprint density at radius 2 is 2.11 bits per heavy atom. The number of methoxy groups -OCH3 is 1. The van der Waals surface area contributed by atoms with Gasteiger partial charge in [-0.25, -0.2) is 9.78 Å². The molecule has 2 aromatic heterocycles. The molecular formula is C19H23N5O4. The smallest absolute Gasteiger partial charge is 0.320 e. The molecule has 3 rings (SSSR count). The fourth-order valence-electron chi connectivity index (χ4n) is 2.83. The number of ether oxygens (including phenoxy) is 2. The number of anilines is 1. The van der Waals surface area contributed by atoms with Crippen LogP contribution in [0.1, 0.15) is 18.5 Å². The van der Waals surface area contributed by atoms with Crippen LogP contribution in [0.2, 0.25) is 0 Å². The average molecular weight is 385 g/mol. The third kappa shape index (κ3) is 4.56. The summed E-state index contributed by atoms with van der Waals surface area (Å²) in [5.41, 5.74) is 1.45. The molecule has 0 radical (unpaired) electrons. The lowest BCUT2D eigenvalue weighted by atomic mass is 10.0. The molecule has 9 heteroatoms. The van der Waals surface area contributed by atoms with E-state index in [-0.39, 0.29) is 6.61 Å². The monoisotopic (exact) mass is 385 g/mol. The Labute approximate surface area is 162 Å². The molecule has 0 spiro atoms. The SMILES string of the molecule is CCOc1n[nH]c2cc(NC(=O)N[C@H](c3ccccc3)[C@H](O)COC)ncc12. The number of fused-ring (bicyclic) bond motifs is 1. The predicted octanol–water partition coefficient (Wildman–Crippen LogP) is 2.23. The molecule has 1 aromatic carbocycles. The number of aliphatic hydroxyl groups is 1. The number of aromatic amines is 1. The van der Waals surface area contributed by atoms with Gasteiger partial charge in [0.05, 0.1) is 30.2 Å². The van der Waals surface area contributed by atoms with Gasteiger partial charge in [0.25, 0.3) is 0 Å². The van der Waals surface area contributed by atoms with Crippen LogP contribution in [-0.2, 0) is 4.74 Å². The van der Waals surface area contributed by atoms with E-state index in [9.17, 15) is 9.90 Å². The van der Waals surface area contributed by atoms with Crippen molar-refractivity contribution in [2.24, 2.45) is 0 Å². The summed E-state index contributed by atoms with van der Waals surface area (Å²) < 4.78 is 10.4. The Kier molecular flexibility index (Phi) is 6.41. The number of hydrogen-bond acceptors (Lipinski definition) is 6. The number of hydrogen-bond donors (Lipinski definition) is 4. The number of H-pyrrole nitrogens is 1. The van der Waals surface area contributed by atoms with Crippen LogP contribution in [0, 0.1) is 0 Å². The van der Waals surface area contributed by atoms with Gasteiger partial charge in [-0.1, -0.05) is 30.3 Å². The molecule has 0 aliphatic heterocycles. The number of nitrogens with one attached hydrogen (secondary N) is 3. The predicted molar refractivity (Wildman–Crippen MR) is 104 cm³/mol. The van der Waals surface area contributed by atoms with E-state index < -0.39 is 18.2 Å². The first-order chi connectivity index (χ1) is 13.6. The summed E-state index contributed by atoms with van der Waals surface area (Å²) in [6.07, 6.45) is 0.670. The van der Waals surface area contributed by atoms with Gasteiger partial charge in [0.2, 0.25) is 5.88 Å². The number of pyridine rings is 1. The number of nitrogens with zero attached hydrogens (tertiary/aromatic N) is 2. The van der Waals surface area contributed by atoms with Gasteiger partial charge in [-0.3, -0.25) is 10.4 Å². The van der Waals surface area contributed by atoms with E-state index in [1.807, 2.05) is 37.3 Å². The summed E-state index contributed by atoms with van der Waals surface area (Å²) in [5, 5.41) is 23.4. The van der Waals surface area contributed by atoms with E-state index in [2.05, 4.69) is 25.8 Å². The van der Waals surface area contributed by atoms with Gasteiger partial charge in [0.15, 0.2) is 0 Å². The fourth-order valence-corrected chi connectivity index (χ4v) is 2.83. The molecule has 28 heavy (non-hydrogen) atoms. The highest BCUT2D eigenvalue weighted by molar-refractivity contribution is 5.92. The van der Waals surface area contributed by atoms with Gasteiger partial charge < -0.3 is 19.9 Å². The van der Waals surface area contributed by atoms with E-state index in [1.54, 1.807) is 12.3 Å². The number of carbonyl (C=O) groups excluding carboxylic acids is 1. The van der Waals surface area contributed by atoms with Crippen molar-refractivity contribution in [2.75, 3.05) is 25.6 Å². The zero-order valence-electron chi connectivity index (χ0n) is 15.7. The number of benzene rings is 1. The second-order valence-electron chi connectivity index (χ2n) is 6.09. The Bertz CT molecular complexity index is 915. The molecule has 4 N–H and O–H groups in total. The maximum absolute atomic E-state index is 12.5. The van der Waals surface area contributed by atoms with Crippen molar-refractivity contribution in [1.29, 1.82) is 0 Å². The maximum Gasteiger partial charge on any atom is 0.320 e. The van der Waals surface area contributed by atoms with E-state index in [0.717, 1.165) is 10.9 Å². The Morgan fingerprint density at radius 3 is 2.82 bits per heavy atom. The van der Waals surface area contributed by atoms with Crippen molar-refractivity contribution < 1.29 is 19.4 Å². The van der Waals surface area contributed by atoms with Crippen LogP contribution >= 0.6 is 0 Å². The standard InChI is InChI=1S/C19H23N5O4/c1-3-28-18-13-10-20-16(9-14(13)23-24-18)21-19(26)22-17(15(25)11-27-2)12-7-5-4-6-8-12/h4-10,15,17,25H,3,11H2,1-2H3,(H,23,24)(H2,20,21,22,26)/t15-,17-/m1/s1. The molecule has 0 unspecified atom stereocenters. The Hall–Kier alpha value is -3.17. The maximum atomic E-state index is 12.5. The summed E-state index contributed by atoms with van der Waals surface area (Å²) in [6, 6.07) is 9.72. The highest BCUT2D eigenvalue weighted by atomic mass is 16.5. The molecule has 0 saturated heterocycles. The summed E-state index contributed by atoms with van der Waals surface area (Å²) >= 11 is 0. The lowest BCUT2D eigenvalue weighted by Crippen LogP contribution is -2.40. The van der Waals surface area contributed by atoms with E-state index in [1.165, 1.54) is 7.11 Å². The van der Waals surface area contributed by atoms with Gasteiger partial charge in [-0.05, 0) is 12.5 Å².